The molecule has 0 radical (unpaired) electrons. The summed E-state index contributed by atoms with van der Waals surface area (Å²) in [5, 5.41) is 10.6. The van der Waals surface area contributed by atoms with Gasteiger partial charge in [0.1, 0.15) is 5.82 Å². The van der Waals surface area contributed by atoms with Crippen molar-refractivity contribution < 1.29 is 13.7 Å². The summed E-state index contributed by atoms with van der Waals surface area (Å²) >= 11 is 0. The molecular formula is C11H12F2N2O2. The van der Waals surface area contributed by atoms with Crippen molar-refractivity contribution in [2.45, 2.75) is 31.2 Å². The Morgan fingerprint density at radius 1 is 1.29 bits per heavy atom. The van der Waals surface area contributed by atoms with Gasteiger partial charge >= 0.3 is 5.69 Å². The molecule has 6 heteroatoms. The van der Waals surface area contributed by atoms with Crippen LogP contribution in [0.2, 0.25) is 0 Å². The van der Waals surface area contributed by atoms with E-state index >= 15 is 0 Å². The zero-order valence-electron chi connectivity index (χ0n) is 9.08. The van der Waals surface area contributed by atoms with E-state index in [9.17, 15) is 18.9 Å². The van der Waals surface area contributed by atoms with E-state index in [1.807, 2.05) is 0 Å². The van der Waals surface area contributed by atoms with Gasteiger partial charge in [-0.25, -0.2) is 4.39 Å². The van der Waals surface area contributed by atoms with Crippen LogP contribution in [0.15, 0.2) is 12.1 Å². The van der Waals surface area contributed by atoms with E-state index in [1.54, 1.807) is 0 Å². The number of hydrogen-bond acceptors (Lipinski definition) is 3. The van der Waals surface area contributed by atoms with Gasteiger partial charge in [-0.05, 0) is 18.9 Å². The third kappa shape index (κ3) is 1.88. The molecule has 0 saturated heterocycles. The van der Waals surface area contributed by atoms with E-state index in [4.69, 9.17) is 5.73 Å². The number of halogens is 2. The molecule has 1 saturated carbocycles. The van der Waals surface area contributed by atoms with E-state index in [0.717, 1.165) is 25.0 Å². The number of nitro groups is 1. The van der Waals surface area contributed by atoms with E-state index in [1.165, 1.54) is 0 Å². The number of benzene rings is 1. The Morgan fingerprint density at radius 3 is 2.41 bits per heavy atom. The first-order valence-corrected chi connectivity index (χ1v) is 5.37. The molecule has 17 heavy (non-hydrogen) atoms. The summed E-state index contributed by atoms with van der Waals surface area (Å²) in [4.78, 5) is 9.74. The molecule has 92 valence electrons. The summed E-state index contributed by atoms with van der Waals surface area (Å²) in [5.41, 5.74) is 3.77. The van der Waals surface area contributed by atoms with Crippen LogP contribution in [0, 0.1) is 21.7 Å². The third-order valence-corrected chi connectivity index (χ3v) is 3.26. The fourth-order valence-electron chi connectivity index (χ4n) is 2.39. The van der Waals surface area contributed by atoms with Crippen molar-refractivity contribution in [3.8, 4) is 0 Å². The van der Waals surface area contributed by atoms with Crippen molar-refractivity contribution in [3.63, 3.8) is 0 Å². The summed E-state index contributed by atoms with van der Waals surface area (Å²) in [6.45, 7) is 0. The fourth-order valence-corrected chi connectivity index (χ4v) is 2.39. The molecule has 0 heterocycles. The fraction of sp³-hybridized carbons (Fsp3) is 0.455. The minimum absolute atomic E-state index is 0.343. The second kappa shape index (κ2) is 4.03. The zero-order chi connectivity index (χ0) is 12.6. The second-order valence-electron chi connectivity index (χ2n) is 4.38. The normalized spacial score (nSPS) is 18.3. The zero-order valence-corrected chi connectivity index (χ0v) is 9.08. The topological polar surface area (TPSA) is 69.2 Å². The molecule has 1 fully saturated rings. The smallest absolute Gasteiger partial charge is 0.305 e. The van der Waals surface area contributed by atoms with Gasteiger partial charge < -0.3 is 5.73 Å². The van der Waals surface area contributed by atoms with Crippen molar-refractivity contribution in [1.29, 1.82) is 0 Å². The molecule has 0 unspecified atom stereocenters. The molecule has 2 N–H and O–H groups in total. The highest BCUT2D eigenvalue weighted by molar-refractivity contribution is 5.41. The Hall–Kier alpha value is -1.56. The van der Waals surface area contributed by atoms with Gasteiger partial charge in [0.05, 0.1) is 10.5 Å². The highest BCUT2D eigenvalue weighted by Gasteiger charge is 2.38. The first-order chi connectivity index (χ1) is 7.96. The molecule has 0 aliphatic heterocycles. The summed E-state index contributed by atoms with van der Waals surface area (Å²) < 4.78 is 27.6. The highest BCUT2D eigenvalue weighted by Crippen LogP contribution is 2.40. The average Bonchev–Trinajstić information content (AvgIpc) is 2.65. The van der Waals surface area contributed by atoms with Crippen LogP contribution in [0.5, 0.6) is 0 Å². The molecule has 1 aromatic rings. The minimum atomic E-state index is -1.14. The number of nitro benzene ring substituents is 1. The van der Waals surface area contributed by atoms with Gasteiger partial charge in [0.15, 0.2) is 0 Å². The Balaban J connectivity index is 2.59. The van der Waals surface area contributed by atoms with E-state index in [-0.39, 0.29) is 5.56 Å². The molecule has 0 bridgehead atoms. The van der Waals surface area contributed by atoms with Crippen molar-refractivity contribution in [3.05, 3.63) is 39.4 Å². The van der Waals surface area contributed by atoms with E-state index < -0.39 is 27.8 Å². The van der Waals surface area contributed by atoms with Crippen molar-refractivity contribution in [2.75, 3.05) is 0 Å². The number of nitrogens with zero attached hydrogens (tertiary/aromatic N) is 1. The van der Waals surface area contributed by atoms with Gasteiger partial charge in [-0.2, -0.15) is 4.39 Å². The van der Waals surface area contributed by atoms with Gasteiger partial charge in [-0.15, -0.1) is 0 Å². The monoisotopic (exact) mass is 242 g/mol. The maximum absolute atomic E-state index is 13.9. The van der Waals surface area contributed by atoms with Gasteiger partial charge in [0.2, 0.25) is 5.82 Å². The summed E-state index contributed by atoms with van der Waals surface area (Å²) in [7, 11) is 0. The summed E-state index contributed by atoms with van der Waals surface area (Å²) in [6, 6.07) is 1.73. The Bertz CT molecular complexity index is 471. The standard InChI is InChI=1S/C11H12F2N2O2/c12-7-3-4-8(15(16)17)10(13)9(7)11(14)5-1-2-6-11/h3-4H,1-2,5-6,14H2. The Morgan fingerprint density at radius 2 is 1.88 bits per heavy atom. The molecule has 1 aliphatic rings. The Kier molecular flexibility index (Phi) is 2.82. The SMILES string of the molecule is NC1(c2c(F)ccc([N+](=O)[O-])c2F)CCCC1. The molecular weight excluding hydrogens is 230 g/mol. The number of rotatable bonds is 2. The molecule has 4 nitrogen and oxygen atoms in total. The molecule has 0 aromatic heterocycles. The van der Waals surface area contributed by atoms with Gasteiger partial charge in [0, 0.05) is 11.6 Å². The third-order valence-electron chi connectivity index (χ3n) is 3.26. The maximum atomic E-state index is 13.9. The molecule has 0 atom stereocenters. The van der Waals surface area contributed by atoms with Crippen LogP contribution in [-0.2, 0) is 5.54 Å². The van der Waals surface area contributed by atoms with Crippen LogP contribution in [0.4, 0.5) is 14.5 Å². The van der Waals surface area contributed by atoms with Gasteiger partial charge in [-0.3, -0.25) is 10.1 Å². The van der Waals surface area contributed by atoms with Crippen molar-refractivity contribution in [2.24, 2.45) is 5.73 Å². The first-order valence-electron chi connectivity index (χ1n) is 5.37. The van der Waals surface area contributed by atoms with Crippen LogP contribution in [0.25, 0.3) is 0 Å². The van der Waals surface area contributed by atoms with Crippen LogP contribution >= 0.6 is 0 Å². The van der Waals surface area contributed by atoms with Crippen LogP contribution in [0.3, 0.4) is 0 Å². The lowest BCUT2D eigenvalue weighted by molar-refractivity contribution is -0.387. The molecule has 1 aliphatic carbocycles. The molecule has 2 rings (SSSR count). The van der Waals surface area contributed by atoms with Gasteiger partial charge in [-0.1, -0.05) is 12.8 Å². The maximum Gasteiger partial charge on any atom is 0.305 e. The number of nitrogens with two attached hydrogens (primary N) is 1. The van der Waals surface area contributed by atoms with E-state index in [2.05, 4.69) is 0 Å². The average molecular weight is 242 g/mol. The van der Waals surface area contributed by atoms with Crippen LogP contribution < -0.4 is 5.73 Å². The predicted molar refractivity (Wildman–Crippen MR) is 57.3 cm³/mol. The van der Waals surface area contributed by atoms with Crippen LogP contribution in [-0.4, -0.2) is 4.92 Å². The molecule has 0 amide bonds. The summed E-state index contributed by atoms with van der Waals surface area (Å²) in [5.74, 6) is -1.95. The van der Waals surface area contributed by atoms with Crippen molar-refractivity contribution in [1.82, 2.24) is 0 Å². The second-order valence-corrected chi connectivity index (χ2v) is 4.38. The van der Waals surface area contributed by atoms with Crippen molar-refractivity contribution >= 4 is 5.69 Å². The summed E-state index contributed by atoms with van der Waals surface area (Å²) in [6.07, 6.45) is 2.44. The largest absolute Gasteiger partial charge is 0.321 e. The van der Waals surface area contributed by atoms with Gasteiger partial charge in [0.25, 0.3) is 0 Å². The predicted octanol–water partition coefficient (Wildman–Crippen LogP) is 2.60. The molecule has 0 spiro atoms. The lowest BCUT2D eigenvalue weighted by Gasteiger charge is -2.24. The molecule has 1 aromatic carbocycles. The lowest BCUT2D eigenvalue weighted by atomic mass is 9.88. The van der Waals surface area contributed by atoms with E-state index in [0.29, 0.717) is 12.8 Å². The van der Waals surface area contributed by atoms with Crippen LogP contribution in [0.1, 0.15) is 31.2 Å². The minimum Gasteiger partial charge on any atom is -0.321 e. The highest BCUT2D eigenvalue weighted by atomic mass is 19.1. The quantitative estimate of drug-likeness (QED) is 0.640. The Labute approximate surface area is 96.6 Å². The first kappa shape index (κ1) is 11.9. The lowest BCUT2D eigenvalue weighted by Crippen LogP contribution is -2.35. The number of hydrogen-bond donors (Lipinski definition) is 1.